The van der Waals surface area contributed by atoms with Gasteiger partial charge in [-0.2, -0.15) is 0 Å². The second-order valence-electron chi connectivity index (χ2n) is 6.65. The Bertz CT molecular complexity index is 946. The third-order valence-electron chi connectivity index (χ3n) is 4.59. The number of amides is 2. The van der Waals surface area contributed by atoms with Crippen molar-refractivity contribution < 1.29 is 18.0 Å². The van der Waals surface area contributed by atoms with E-state index >= 15 is 0 Å². The first kappa shape index (κ1) is 19.1. The zero-order valence-corrected chi connectivity index (χ0v) is 16.0. The Morgan fingerprint density at radius 2 is 1.56 bits per heavy atom. The highest BCUT2D eigenvalue weighted by Gasteiger charge is 2.21. The first-order chi connectivity index (χ1) is 12.9. The maximum atomic E-state index is 12.8. The molecule has 6 nitrogen and oxygen atoms in total. The highest BCUT2D eigenvalue weighted by atomic mass is 32.2. The van der Waals surface area contributed by atoms with Crippen molar-refractivity contribution in [2.24, 2.45) is 0 Å². The van der Waals surface area contributed by atoms with Crippen molar-refractivity contribution in [2.75, 3.05) is 24.7 Å². The summed E-state index contributed by atoms with van der Waals surface area (Å²) in [6.45, 7) is 1.46. The van der Waals surface area contributed by atoms with Gasteiger partial charge >= 0.3 is 0 Å². The van der Waals surface area contributed by atoms with Gasteiger partial charge in [-0.25, -0.2) is 8.42 Å². The van der Waals surface area contributed by atoms with Gasteiger partial charge in [0.1, 0.15) is 0 Å². The molecule has 0 aromatic heterocycles. The number of carbonyl (C=O) groups is 2. The maximum absolute atomic E-state index is 12.8. The van der Waals surface area contributed by atoms with E-state index < -0.39 is 15.7 Å². The van der Waals surface area contributed by atoms with Crippen LogP contribution in [0.2, 0.25) is 0 Å². The maximum Gasteiger partial charge on any atom is 0.255 e. The number of hydrogen-bond donors (Lipinski definition) is 1. The second kappa shape index (κ2) is 7.92. The van der Waals surface area contributed by atoms with Gasteiger partial charge in [0.2, 0.25) is 0 Å². The summed E-state index contributed by atoms with van der Waals surface area (Å²) in [6, 6.07) is 12.6. The Balaban J connectivity index is 1.79. The van der Waals surface area contributed by atoms with Crippen LogP contribution in [0.25, 0.3) is 0 Å². The molecule has 7 heteroatoms. The van der Waals surface area contributed by atoms with Crippen LogP contribution >= 0.6 is 0 Å². The molecule has 3 rings (SSSR count). The van der Waals surface area contributed by atoms with Crippen LogP contribution in [0.3, 0.4) is 0 Å². The smallest absolute Gasteiger partial charge is 0.255 e. The molecule has 0 atom stereocenters. The second-order valence-corrected chi connectivity index (χ2v) is 8.66. The fourth-order valence-electron chi connectivity index (χ4n) is 3.09. The van der Waals surface area contributed by atoms with Gasteiger partial charge in [-0.15, -0.1) is 0 Å². The molecule has 2 aromatic rings. The molecule has 1 fully saturated rings. The molecule has 1 saturated heterocycles. The normalized spacial score (nSPS) is 14.6. The molecule has 1 aliphatic rings. The fraction of sp³-hybridized carbons (Fsp3) is 0.300. The average Bonchev–Trinajstić information content (AvgIpc) is 2.68. The van der Waals surface area contributed by atoms with E-state index in [0.717, 1.165) is 38.6 Å². The molecule has 0 saturated carbocycles. The summed E-state index contributed by atoms with van der Waals surface area (Å²) >= 11 is 0. The molecule has 0 aliphatic carbocycles. The van der Waals surface area contributed by atoms with Crippen molar-refractivity contribution in [2.45, 2.75) is 24.2 Å². The van der Waals surface area contributed by atoms with Gasteiger partial charge in [-0.1, -0.05) is 12.1 Å². The van der Waals surface area contributed by atoms with E-state index in [9.17, 15) is 18.0 Å². The minimum atomic E-state index is -3.32. The van der Waals surface area contributed by atoms with E-state index in [-0.39, 0.29) is 10.8 Å². The first-order valence-electron chi connectivity index (χ1n) is 8.86. The van der Waals surface area contributed by atoms with E-state index in [0.29, 0.717) is 16.8 Å². The van der Waals surface area contributed by atoms with Crippen molar-refractivity contribution in [3.8, 4) is 0 Å². The molecule has 1 heterocycles. The van der Waals surface area contributed by atoms with Crippen molar-refractivity contribution in [3.63, 3.8) is 0 Å². The molecule has 0 bridgehead atoms. The molecule has 1 aliphatic heterocycles. The zero-order chi connectivity index (χ0) is 19.4. The number of piperidine rings is 1. The van der Waals surface area contributed by atoms with Crippen LogP contribution in [0, 0.1) is 0 Å². The van der Waals surface area contributed by atoms with Gasteiger partial charge in [0.25, 0.3) is 11.8 Å². The lowest BCUT2D eigenvalue weighted by atomic mass is 10.1. The zero-order valence-electron chi connectivity index (χ0n) is 15.1. The molecule has 1 N–H and O–H groups in total. The van der Waals surface area contributed by atoms with E-state index in [1.807, 2.05) is 4.90 Å². The van der Waals surface area contributed by atoms with Crippen molar-refractivity contribution in [3.05, 3.63) is 59.7 Å². The van der Waals surface area contributed by atoms with Gasteiger partial charge in [-0.05, 0) is 55.7 Å². The van der Waals surface area contributed by atoms with Crippen LogP contribution in [0.5, 0.6) is 0 Å². The molecule has 0 spiro atoms. The van der Waals surface area contributed by atoms with Gasteiger partial charge in [0, 0.05) is 24.9 Å². The van der Waals surface area contributed by atoms with Crippen LogP contribution in [-0.4, -0.2) is 44.5 Å². The minimum Gasteiger partial charge on any atom is -0.339 e. The summed E-state index contributed by atoms with van der Waals surface area (Å²) in [5.41, 5.74) is 1.23. The van der Waals surface area contributed by atoms with Crippen LogP contribution < -0.4 is 5.32 Å². The van der Waals surface area contributed by atoms with Crippen molar-refractivity contribution in [1.82, 2.24) is 4.90 Å². The molecule has 0 radical (unpaired) electrons. The molecule has 2 amide bonds. The lowest BCUT2D eigenvalue weighted by Crippen LogP contribution is -2.36. The molecule has 142 valence electrons. The lowest BCUT2D eigenvalue weighted by Gasteiger charge is -2.27. The fourth-order valence-corrected chi connectivity index (χ4v) is 3.72. The van der Waals surface area contributed by atoms with E-state index in [1.54, 1.807) is 24.3 Å². The molecule has 0 unspecified atom stereocenters. The quantitative estimate of drug-likeness (QED) is 0.876. The third kappa shape index (κ3) is 4.54. The van der Waals surface area contributed by atoms with Gasteiger partial charge < -0.3 is 10.2 Å². The average molecular weight is 386 g/mol. The molecular formula is C20H22N2O4S. The largest absolute Gasteiger partial charge is 0.339 e. The number of hydrogen-bond acceptors (Lipinski definition) is 4. The Morgan fingerprint density at radius 1 is 0.926 bits per heavy atom. The third-order valence-corrected chi connectivity index (χ3v) is 5.72. The number of sulfone groups is 1. The topological polar surface area (TPSA) is 83.5 Å². The summed E-state index contributed by atoms with van der Waals surface area (Å²) in [7, 11) is -3.32. The number of anilines is 1. The van der Waals surface area contributed by atoms with Crippen LogP contribution in [0.1, 0.15) is 40.0 Å². The number of rotatable bonds is 4. The summed E-state index contributed by atoms with van der Waals surface area (Å²) < 4.78 is 23.1. The standard InChI is InChI=1S/C20H22N2O4S/c1-27(25,26)16-11-9-15(10-12-16)19(23)21-18-8-4-3-7-17(18)20(24)22-13-5-2-6-14-22/h3-4,7-12H,2,5-6,13-14H2,1H3,(H,21,23). The Morgan fingerprint density at radius 3 is 2.19 bits per heavy atom. The number of benzene rings is 2. The summed E-state index contributed by atoms with van der Waals surface area (Å²) in [6.07, 6.45) is 4.23. The predicted molar refractivity (Wildman–Crippen MR) is 104 cm³/mol. The minimum absolute atomic E-state index is 0.0852. The van der Waals surface area contributed by atoms with E-state index in [1.165, 1.54) is 24.3 Å². The highest BCUT2D eigenvalue weighted by molar-refractivity contribution is 7.90. The summed E-state index contributed by atoms with van der Waals surface area (Å²) in [5, 5.41) is 2.77. The molecular weight excluding hydrogens is 364 g/mol. The van der Waals surface area contributed by atoms with Gasteiger partial charge in [-0.3, -0.25) is 9.59 Å². The SMILES string of the molecule is CS(=O)(=O)c1ccc(C(=O)Nc2ccccc2C(=O)N2CCCCC2)cc1. The number of nitrogens with zero attached hydrogens (tertiary/aromatic N) is 1. The number of likely N-dealkylation sites (tertiary alicyclic amines) is 1. The first-order valence-corrected chi connectivity index (χ1v) is 10.8. The number of nitrogens with one attached hydrogen (secondary N) is 1. The summed E-state index contributed by atoms with van der Waals surface area (Å²) in [5.74, 6) is -0.480. The summed E-state index contributed by atoms with van der Waals surface area (Å²) in [4.78, 5) is 27.3. The van der Waals surface area contributed by atoms with E-state index in [4.69, 9.17) is 0 Å². The molecule has 2 aromatic carbocycles. The Kier molecular flexibility index (Phi) is 5.60. The highest BCUT2D eigenvalue weighted by Crippen LogP contribution is 2.21. The van der Waals surface area contributed by atoms with Gasteiger partial charge in [0.15, 0.2) is 9.84 Å². The lowest BCUT2D eigenvalue weighted by molar-refractivity contribution is 0.0725. The van der Waals surface area contributed by atoms with Crippen molar-refractivity contribution >= 4 is 27.3 Å². The number of carbonyl (C=O) groups excluding carboxylic acids is 2. The number of para-hydroxylation sites is 1. The molecule has 27 heavy (non-hydrogen) atoms. The van der Waals surface area contributed by atoms with E-state index in [2.05, 4.69) is 5.32 Å². The monoisotopic (exact) mass is 386 g/mol. The Hall–Kier alpha value is -2.67. The van der Waals surface area contributed by atoms with Crippen LogP contribution in [0.4, 0.5) is 5.69 Å². The van der Waals surface area contributed by atoms with Gasteiger partial charge in [0.05, 0.1) is 16.1 Å². The van der Waals surface area contributed by atoms with Crippen LogP contribution in [0.15, 0.2) is 53.4 Å². The van der Waals surface area contributed by atoms with Crippen LogP contribution in [-0.2, 0) is 9.84 Å². The Labute approximate surface area is 159 Å². The predicted octanol–water partition coefficient (Wildman–Crippen LogP) is 2.97. The van der Waals surface area contributed by atoms with Crippen molar-refractivity contribution in [1.29, 1.82) is 0 Å².